The van der Waals surface area contributed by atoms with E-state index in [4.69, 9.17) is 16.6 Å². The summed E-state index contributed by atoms with van der Waals surface area (Å²) < 4.78 is 0. The smallest absolute Gasteiger partial charge is 0.305 e. The van der Waals surface area contributed by atoms with E-state index in [1.807, 2.05) is 0 Å². The third-order valence-electron chi connectivity index (χ3n) is 1.96. The molecule has 0 bridgehead atoms. The van der Waals surface area contributed by atoms with Crippen LogP contribution in [0.25, 0.3) is 0 Å². The Morgan fingerprint density at radius 3 is 2.71 bits per heavy atom. The van der Waals surface area contributed by atoms with E-state index in [-0.39, 0.29) is 6.42 Å². The maximum atomic E-state index is 10.5. The van der Waals surface area contributed by atoms with Gasteiger partial charge in [0.05, 0.1) is 12.0 Å². The normalized spacial score (nSPS) is 14.7. The molecule has 14 heavy (non-hydrogen) atoms. The van der Waals surface area contributed by atoms with Gasteiger partial charge in [-0.1, -0.05) is 6.07 Å². The summed E-state index contributed by atoms with van der Waals surface area (Å²) in [5.74, 6) is -0.549. The second kappa shape index (κ2) is 3.63. The highest BCUT2D eigenvalue weighted by Crippen LogP contribution is 2.21. The zero-order chi connectivity index (χ0) is 10.8. The van der Waals surface area contributed by atoms with Crippen molar-refractivity contribution in [2.45, 2.75) is 18.9 Å². The first kappa shape index (κ1) is 10.5. The summed E-state index contributed by atoms with van der Waals surface area (Å²) in [4.78, 5) is 14.4. The summed E-state index contributed by atoms with van der Waals surface area (Å²) in [5.41, 5.74) is 11.0. The van der Waals surface area contributed by atoms with Gasteiger partial charge in [0.25, 0.3) is 0 Å². The van der Waals surface area contributed by atoms with Gasteiger partial charge in [-0.05, 0) is 18.6 Å². The molecule has 1 rings (SSSR count). The molecule has 1 atom stereocenters. The molecule has 0 saturated carbocycles. The Hall–Kier alpha value is -1.62. The Balaban J connectivity index is 2.91. The molecule has 1 aromatic heterocycles. The number of carboxylic acid groups (broad SMARTS) is 1. The fourth-order valence-electron chi connectivity index (χ4n) is 1.16. The summed E-state index contributed by atoms with van der Waals surface area (Å²) in [5, 5.41) is 8.64. The lowest BCUT2D eigenvalue weighted by Crippen LogP contribution is -2.35. The fraction of sp³-hybridized carbons (Fsp3) is 0.333. The molecule has 1 unspecified atom stereocenters. The van der Waals surface area contributed by atoms with E-state index in [0.29, 0.717) is 11.4 Å². The topological polar surface area (TPSA) is 102 Å². The van der Waals surface area contributed by atoms with Gasteiger partial charge in [-0.2, -0.15) is 0 Å². The standard InChI is InChI=1S/C9H13N3O2/c1-9(11,4-8(13)14)6-2-3-7(10)12-5-6/h2-3,5H,4,11H2,1H3,(H2,10,12)(H,13,14). The lowest BCUT2D eigenvalue weighted by atomic mass is 9.91. The molecule has 0 aromatic carbocycles. The van der Waals surface area contributed by atoms with Gasteiger partial charge >= 0.3 is 5.97 Å². The maximum absolute atomic E-state index is 10.5. The van der Waals surface area contributed by atoms with Crippen molar-refractivity contribution in [2.24, 2.45) is 5.73 Å². The van der Waals surface area contributed by atoms with Crippen LogP contribution in [-0.2, 0) is 10.3 Å². The predicted molar refractivity (Wildman–Crippen MR) is 52.4 cm³/mol. The number of nitrogens with zero attached hydrogens (tertiary/aromatic N) is 1. The monoisotopic (exact) mass is 195 g/mol. The lowest BCUT2D eigenvalue weighted by molar-refractivity contribution is -0.138. The Bertz CT molecular complexity index is 332. The Kier molecular flexibility index (Phi) is 2.71. The molecule has 0 fully saturated rings. The molecule has 0 aliphatic carbocycles. The van der Waals surface area contributed by atoms with E-state index in [1.165, 1.54) is 6.20 Å². The first-order valence-corrected chi connectivity index (χ1v) is 4.14. The molecule has 5 N–H and O–H groups in total. The third-order valence-corrected chi connectivity index (χ3v) is 1.96. The first-order chi connectivity index (χ1) is 6.42. The minimum Gasteiger partial charge on any atom is -0.481 e. The predicted octanol–water partition coefficient (Wildman–Crippen LogP) is 0.312. The Morgan fingerprint density at radius 1 is 1.64 bits per heavy atom. The number of aliphatic carboxylic acids is 1. The number of rotatable bonds is 3. The number of hydrogen-bond acceptors (Lipinski definition) is 4. The van der Waals surface area contributed by atoms with E-state index >= 15 is 0 Å². The number of nitrogen functional groups attached to an aromatic ring is 1. The molecule has 5 heteroatoms. The van der Waals surface area contributed by atoms with Crippen molar-refractivity contribution in [3.05, 3.63) is 23.9 Å². The number of aromatic nitrogens is 1. The number of hydrogen-bond donors (Lipinski definition) is 3. The molecule has 76 valence electrons. The minimum absolute atomic E-state index is 0.140. The average Bonchev–Trinajstić information content (AvgIpc) is 2.02. The van der Waals surface area contributed by atoms with Crippen LogP contribution in [0.3, 0.4) is 0 Å². The zero-order valence-corrected chi connectivity index (χ0v) is 7.90. The van der Waals surface area contributed by atoms with Crippen molar-refractivity contribution in [3.8, 4) is 0 Å². The molecule has 5 nitrogen and oxygen atoms in total. The van der Waals surface area contributed by atoms with E-state index < -0.39 is 11.5 Å². The van der Waals surface area contributed by atoms with E-state index in [1.54, 1.807) is 19.1 Å². The van der Waals surface area contributed by atoms with Gasteiger partial charge in [-0.25, -0.2) is 4.98 Å². The molecule has 1 aromatic rings. The van der Waals surface area contributed by atoms with Crippen LogP contribution in [0.2, 0.25) is 0 Å². The molecular weight excluding hydrogens is 182 g/mol. The van der Waals surface area contributed by atoms with Crippen LogP contribution in [0, 0.1) is 0 Å². The van der Waals surface area contributed by atoms with E-state index in [2.05, 4.69) is 4.98 Å². The molecule has 0 amide bonds. The third kappa shape index (κ3) is 2.43. The molecule has 0 spiro atoms. The number of carboxylic acids is 1. The van der Waals surface area contributed by atoms with Crippen molar-refractivity contribution in [3.63, 3.8) is 0 Å². The van der Waals surface area contributed by atoms with Crippen LogP contribution in [0.5, 0.6) is 0 Å². The lowest BCUT2D eigenvalue weighted by Gasteiger charge is -2.22. The summed E-state index contributed by atoms with van der Waals surface area (Å²) in [6.45, 7) is 1.65. The van der Waals surface area contributed by atoms with Gasteiger partial charge in [-0.15, -0.1) is 0 Å². The van der Waals surface area contributed by atoms with Crippen molar-refractivity contribution in [1.82, 2.24) is 4.98 Å². The van der Waals surface area contributed by atoms with Gasteiger partial charge < -0.3 is 16.6 Å². The van der Waals surface area contributed by atoms with Gasteiger partial charge in [-0.3, -0.25) is 4.79 Å². The van der Waals surface area contributed by atoms with Crippen molar-refractivity contribution >= 4 is 11.8 Å². The SMILES string of the molecule is CC(N)(CC(=O)O)c1ccc(N)nc1. The molecule has 0 aliphatic heterocycles. The first-order valence-electron chi connectivity index (χ1n) is 4.14. The quantitative estimate of drug-likeness (QED) is 0.644. The number of pyridine rings is 1. The van der Waals surface area contributed by atoms with E-state index in [0.717, 1.165) is 0 Å². The molecule has 0 aliphatic rings. The molecular formula is C9H13N3O2. The van der Waals surface area contributed by atoms with Gasteiger partial charge in [0, 0.05) is 6.20 Å². The van der Waals surface area contributed by atoms with E-state index in [9.17, 15) is 4.79 Å². The van der Waals surface area contributed by atoms with Crippen LogP contribution in [-0.4, -0.2) is 16.1 Å². The number of carbonyl (C=O) groups is 1. The Morgan fingerprint density at radius 2 is 2.29 bits per heavy atom. The summed E-state index contributed by atoms with van der Waals surface area (Å²) >= 11 is 0. The van der Waals surface area contributed by atoms with Gasteiger partial charge in [0.15, 0.2) is 0 Å². The second-order valence-electron chi connectivity index (χ2n) is 3.46. The summed E-state index contributed by atoms with van der Waals surface area (Å²) in [6, 6.07) is 3.29. The van der Waals surface area contributed by atoms with Gasteiger partial charge in [0.1, 0.15) is 5.82 Å². The zero-order valence-electron chi connectivity index (χ0n) is 7.90. The number of nitrogens with two attached hydrogens (primary N) is 2. The highest BCUT2D eigenvalue weighted by Gasteiger charge is 2.24. The highest BCUT2D eigenvalue weighted by atomic mass is 16.4. The highest BCUT2D eigenvalue weighted by molar-refractivity contribution is 5.68. The largest absolute Gasteiger partial charge is 0.481 e. The van der Waals surface area contributed by atoms with Crippen molar-refractivity contribution in [2.75, 3.05) is 5.73 Å². The van der Waals surface area contributed by atoms with Crippen LogP contribution in [0.15, 0.2) is 18.3 Å². The molecule has 0 radical (unpaired) electrons. The summed E-state index contributed by atoms with van der Waals surface area (Å²) in [7, 11) is 0. The molecule has 1 heterocycles. The Labute approximate surface area is 81.7 Å². The van der Waals surface area contributed by atoms with Gasteiger partial charge in [0.2, 0.25) is 0 Å². The maximum Gasteiger partial charge on any atom is 0.305 e. The van der Waals surface area contributed by atoms with Crippen LogP contribution in [0.4, 0.5) is 5.82 Å². The van der Waals surface area contributed by atoms with Crippen molar-refractivity contribution < 1.29 is 9.90 Å². The minimum atomic E-state index is -0.938. The molecule has 0 saturated heterocycles. The second-order valence-corrected chi connectivity index (χ2v) is 3.46. The summed E-state index contributed by atoms with van der Waals surface area (Å²) in [6.07, 6.45) is 1.36. The van der Waals surface area contributed by atoms with Crippen LogP contribution in [0.1, 0.15) is 18.9 Å². The van der Waals surface area contributed by atoms with Crippen LogP contribution < -0.4 is 11.5 Å². The fourth-order valence-corrected chi connectivity index (χ4v) is 1.16. The van der Waals surface area contributed by atoms with Crippen LogP contribution >= 0.6 is 0 Å². The number of anilines is 1. The average molecular weight is 195 g/mol. The van der Waals surface area contributed by atoms with Crippen molar-refractivity contribution in [1.29, 1.82) is 0 Å².